The fraction of sp³-hybridized carbons (Fsp3) is 0.364. The van der Waals surface area contributed by atoms with Crippen molar-refractivity contribution in [3.63, 3.8) is 0 Å². The molecule has 0 aliphatic heterocycles. The van der Waals surface area contributed by atoms with Crippen molar-refractivity contribution < 1.29 is 9.63 Å². The standard InChI is InChI=1S/C11H16N2O2/c1-11(12,10(14)13-15-2)8-9-6-4-3-5-7-9/h3-7H,8,12H2,1-2H3,(H,13,14)/t11-/m0/s1. The molecule has 0 aromatic heterocycles. The number of amides is 1. The Morgan fingerprint density at radius 2 is 2.07 bits per heavy atom. The average molecular weight is 208 g/mol. The first-order chi connectivity index (χ1) is 7.06. The van der Waals surface area contributed by atoms with Gasteiger partial charge in [-0.25, -0.2) is 5.48 Å². The molecule has 1 aromatic rings. The van der Waals surface area contributed by atoms with Crippen molar-refractivity contribution >= 4 is 5.91 Å². The zero-order valence-electron chi connectivity index (χ0n) is 8.99. The van der Waals surface area contributed by atoms with Gasteiger partial charge in [0.2, 0.25) is 0 Å². The highest BCUT2D eigenvalue weighted by atomic mass is 16.6. The second-order valence-corrected chi connectivity index (χ2v) is 3.72. The van der Waals surface area contributed by atoms with Crippen molar-refractivity contribution in [3.8, 4) is 0 Å². The van der Waals surface area contributed by atoms with Crippen molar-refractivity contribution in [2.24, 2.45) is 5.73 Å². The normalized spacial score (nSPS) is 14.3. The summed E-state index contributed by atoms with van der Waals surface area (Å²) in [6.45, 7) is 1.67. The predicted molar refractivity (Wildman–Crippen MR) is 57.9 cm³/mol. The van der Waals surface area contributed by atoms with E-state index in [9.17, 15) is 4.79 Å². The largest absolute Gasteiger partial charge is 0.317 e. The lowest BCUT2D eigenvalue weighted by Crippen LogP contribution is -2.52. The zero-order valence-corrected chi connectivity index (χ0v) is 8.99. The minimum Gasteiger partial charge on any atom is -0.317 e. The van der Waals surface area contributed by atoms with Crippen LogP contribution in [0.5, 0.6) is 0 Å². The SMILES string of the molecule is CONC(=O)[C@@](C)(N)Cc1ccccc1. The number of rotatable bonds is 4. The number of carbonyl (C=O) groups is 1. The first-order valence-electron chi connectivity index (χ1n) is 4.72. The maximum Gasteiger partial charge on any atom is 0.263 e. The van der Waals surface area contributed by atoms with E-state index in [1.165, 1.54) is 7.11 Å². The molecule has 0 saturated heterocycles. The number of benzene rings is 1. The monoisotopic (exact) mass is 208 g/mol. The summed E-state index contributed by atoms with van der Waals surface area (Å²) in [5, 5.41) is 0. The summed E-state index contributed by atoms with van der Waals surface area (Å²) in [4.78, 5) is 16.1. The summed E-state index contributed by atoms with van der Waals surface area (Å²) in [5.74, 6) is -0.325. The van der Waals surface area contributed by atoms with Crippen LogP contribution in [0.2, 0.25) is 0 Å². The van der Waals surface area contributed by atoms with Crippen LogP contribution in [0.1, 0.15) is 12.5 Å². The third-order valence-electron chi connectivity index (χ3n) is 2.13. The minimum absolute atomic E-state index is 0.325. The van der Waals surface area contributed by atoms with E-state index in [4.69, 9.17) is 5.73 Å². The van der Waals surface area contributed by atoms with Crippen molar-refractivity contribution in [3.05, 3.63) is 35.9 Å². The lowest BCUT2D eigenvalue weighted by molar-refractivity contribution is -0.136. The summed E-state index contributed by atoms with van der Waals surface area (Å²) < 4.78 is 0. The van der Waals surface area contributed by atoms with E-state index in [0.717, 1.165) is 5.56 Å². The van der Waals surface area contributed by atoms with Crippen LogP contribution in [-0.2, 0) is 16.1 Å². The van der Waals surface area contributed by atoms with E-state index in [0.29, 0.717) is 6.42 Å². The van der Waals surface area contributed by atoms with E-state index in [1.54, 1.807) is 6.92 Å². The lowest BCUT2D eigenvalue weighted by atomic mass is 9.93. The molecule has 3 N–H and O–H groups in total. The van der Waals surface area contributed by atoms with Gasteiger partial charge in [-0.15, -0.1) is 0 Å². The topological polar surface area (TPSA) is 64.3 Å². The van der Waals surface area contributed by atoms with E-state index < -0.39 is 5.54 Å². The molecule has 1 atom stereocenters. The van der Waals surface area contributed by atoms with Gasteiger partial charge in [0.25, 0.3) is 5.91 Å². The first-order valence-corrected chi connectivity index (χ1v) is 4.72. The molecule has 0 radical (unpaired) electrons. The van der Waals surface area contributed by atoms with Gasteiger partial charge in [-0.3, -0.25) is 9.63 Å². The molecule has 1 rings (SSSR count). The molecule has 1 aromatic carbocycles. The predicted octanol–water partition coefficient (Wildman–Crippen LogP) is 0.624. The number of hydrogen-bond acceptors (Lipinski definition) is 3. The molecular weight excluding hydrogens is 192 g/mol. The number of nitrogens with one attached hydrogen (secondary N) is 1. The third kappa shape index (κ3) is 3.34. The number of hydroxylamine groups is 1. The van der Waals surface area contributed by atoms with Gasteiger partial charge in [-0.2, -0.15) is 0 Å². The lowest BCUT2D eigenvalue weighted by Gasteiger charge is -2.22. The quantitative estimate of drug-likeness (QED) is 0.713. The summed E-state index contributed by atoms with van der Waals surface area (Å²) in [6.07, 6.45) is 0.475. The minimum atomic E-state index is -0.961. The first kappa shape index (κ1) is 11.7. The number of nitrogens with two attached hydrogens (primary N) is 1. The van der Waals surface area contributed by atoms with Crippen LogP contribution in [0.15, 0.2) is 30.3 Å². The Hall–Kier alpha value is -1.39. The molecule has 15 heavy (non-hydrogen) atoms. The third-order valence-corrected chi connectivity index (χ3v) is 2.13. The molecular formula is C11H16N2O2. The zero-order chi connectivity index (χ0) is 11.3. The Morgan fingerprint density at radius 3 is 2.60 bits per heavy atom. The fourth-order valence-electron chi connectivity index (χ4n) is 1.31. The molecule has 0 heterocycles. The Balaban J connectivity index is 2.68. The molecule has 1 amide bonds. The number of carbonyl (C=O) groups excluding carboxylic acids is 1. The van der Waals surface area contributed by atoms with Crippen LogP contribution in [0.25, 0.3) is 0 Å². The van der Waals surface area contributed by atoms with Crippen LogP contribution >= 0.6 is 0 Å². The van der Waals surface area contributed by atoms with Gasteiger partial charge in [0.1, 0.15) is 0 Å². The van der Waals surface area contributed by atoms with Crippen LogP contribution in [0, 0.1) is 0 Å². The summed E-state index contributed by atoms with van der Waals surface area (Å²) in [6, 6.07) is 9.63. The smallest absolute Gasteiger partial charge is 0.263 e. The highest BCUT2D eigenvalue weighted by molar-refractivity contribution is 5.85. The molecule has 0 fully saturated rings. The van der Waals surface area contributed by atoms with E-state index in [-0.39, 0.29) is 5.91 Å². The molecule has 0 saturated carbocycles. The summed E-state index contributed by atoms with van der Waals surface area (Å²) in [5.41, 5.74) is 8.19. The summed E-state index contributed by atoms with van der Waals surface area (Å²) in [7, 11) is 1.39. The maximum atomic E-state index is 11.5. The second-order valence-electron chi connectivity index (χ2n) is 3.72. The summed E-state index contributed by atoms with van der Waals surface area (Å²) >= 11 is 0. The van der Waals surface area contributed by atoms with Crippen molar-refractivity contribution in [2.45, 2.75) is 18.9 Å². The number of hydrogen-bond donors (Lipinski definition) is 2. The van der Waals surface area contributed by atoms with Gasteiger partial charge in [-0.05, 0) is 18.9 Å². The van der Waals surface area contributed by atoms with Crippen molar-refractivity contribution in [2.75, 3.05) is 7.11 Å². The van der Waals surface area contributed by atoms with Gasteiger partial charge in [0, 0.05) is 0 Å². The van der Waals surface area contributed by atoms with Crippen LogP contribution in [-0.4, -0.2) is 18.6 Å². The highest BCUT2D eigenvalue weighted by Crippen LogP contribution is 2.10. The molecule has 0 aliphatic rings. The second kappa shape index (κ2) is 4.91. The van der Waals surface area contributed by atoms with Crippen LogP contribution in [0.3, 0.4) is 0 Å². The van der Waals surface area contributed by atoms with Crippen LogP contribution < -0.4 is 11.2 Å². The highest BCUT2D eigenvalue weighted by Gasteiger charge is 2.28. The van der Waals surface area contributed by atoms with Gasteiger partial charge in [-0.1, -0.05) is 30.3 Å². The maximum absolute atomic E-state index is 11.5. The molecule has 4 heteroatoms. The Morgan fingerprint density at radius 1 is 1.47 bits per heavy atom. The van der Waals surface area contributed by atoms with E-state index in [2.05, 4.69) is 10.3 Å². The van der Waals surface area contributed by atoms with Gasteiger partial charge < -0.3 is 5.73 Å². The Labute approximate surface area is 89.4 Å². The molecule has 0 bridgehead atoms. The van der Waals surface area contributed by atoms with Gasteiger partial charge >= 0.3 is 0 Å². The Kier molecular flexibility index (Phi) is 3.82. The van der Waals surface area contributed by atoms with Gasteiger partial charge in [0.15, 0.2) is 0 Å². The molecule has 0 aliphatic carbocycles. The molecule has 82 valence electrons. The molecule has 0 spiro atoms. The Bertz CT molecular complexity index is 323. The van der Waals surface area contributed by atoms with Gasteiger partial charge in [0.05, 0.1) is 12.6 Å². The van der Waals surface area contributed by atoms with E-state index >= 15 is 0 Å². The van der Waals surface area contributed by atoms with Crippen LogP contribution in [0.4, 0.5) is 0 Å². The fourth-order valence-corrected chi connectivity index (χ4v) is 1.31. The van der Waals surface area contributed by atoms with Crippen molar-refractivity contribution in [1.29, 1.82) is 0 Å². The van der Waals surface area contributed by atoms with E-state index in [1.807, 2.05) is 30.3 Å². The average Bonchev–Trinajstić information content (AvgIpc) is 2.19. The molecule has 4 nitrogen and oxygen atoms in total. The van der Waals surface area contributed by atoms with Crippen molar-refractivity contribution in [1.82, 2.24) is 5.48 Å². The molecule has 0 unspecified atom stereocenters.